The minimum Gasteiger partial charge on any atom is -0.416 e. The topological polar surface area (TPSA) is 88.2 Å². The molecule has 1 fully saturated rings. The Morgan fingerprint density at radius 3 is 2.40 bits per heavy atom. The molecule has 10 heteroatoms. The number of ether oxygens (including phenoxy) is 1. The van der Waals surface area contributed by atoms with Crippen LogP contribution in [0.5, 0.6) is 0 Å². The lowest BCUT2D eigenvalue weighted by molar-refractivity contribution is 0.120. The van der Waals surface area contributed by atoms with E-state index in [-0.39, 0.29) is 16.0 Å². The van der Waals surface area contributed by atoms with Gasteiger partial charge in [-0.3, -0.25) is 0 Å². The van der Waals surface area contributed by atoms with E-state index in [1.807, 2.05) is 12.1 Å². The van der Waals surface area contributed by atoms with Gasteiger partial charge in [0.2, 0.25) is 0 Å². The standard InChI is InChI=1S/C30H42N4O4SSi/c1-30(2,3)40(5,6)38-19-17-27-32-26-20-31-29-25(16-18-33(29)39(35,36)24-10-8-7-9-11-24)28(26)34(27)23-14-12-22(13-15-23)21-37-4/h7-11,16,18,20,22-23H,12-15,17,19,21H2,1-6H3. The first-order chi connectivity index (χ1) is 18.9. The predicted octanol–water partition coefficient (Wildman–Crippen LogP) is 6.57. The number of benzene rings is 1. The number of methoxy groups -OCH3 is 1. The monoisotopic (exact) mass is 582 g/mol. The lowest BCUT2D eigenvalue weighted by atomic mass is 9.86. The van der Waals surface area contributed by atoms with Crippen LogP contribution in [0, 0.1) is 5.92 Å². The maximum Gasteiger partial charge on any atom is 0.269 e. The fraction of sp³-hybridized carbons (Fsp3) is 0.533. The van der Waals surface area contributed by atoms with E-state index in [9.17, 15) is 8.42 Å². The summed E-state index contributed by atoms with van der Waals surface area (Å²) >= 11 is 0. The lowest BCUT2D eigenvalue weighted by Crippen LogP contribution is -2.41. The van der Waals surface area contributed by atoms with Gasteiger partial charge in [0.1, 0.15) is 11.3 Å². The predicted molar refractivity (Wildman–Crippen MR) is 162 cm³/mol. The molecule has 0 unspecified atom stereocenters. The molecule has 1 aliphatic carbocycles. The van der Waals surface area contributed by atoms with E-state index in [2.05, 4.69) is 43.4 Å². The summed E-state index contributed by atoms with van der Waals surface area (Å²) in [5.41, 5.74) is 2.18. The van der Waals surface area contributed by atoms with Crippen molar-refractivity contribution in [2.45, 2.75) is 81.9 Å². The van der Waals surface area contributed by atoms with Crippen LogP contribution >= 0.6 is 0 Å². The van der Waals surface area contributed by atoms with Crippen LogP contribution in [0.25, 0.3) is 22.1 Å². The molecule has 4 aromatic rings. The SMILES string of the molecule is COCC1CCC(n2c(CCO[Si](C)(C)C(C)(C)C)nc3cnc4c(ccn4S(=O)(=O)c4ccccc4)c32)CC1. The molecule has 5 rings (SSSR count). The van der Waals surface area contributed by atoms with E-state index >= 15 is 0 Å². The molecule has 8 nitrogen and oxygen atoms in total. The Balaban J connectivity index is 1.57. The minimum atomic E-state index is -3.78. The van der Waals surface area contributed by atoms with E-state index in [0.29, 0.717) is 24.6 Å². The molecule has 0 N–H and O–H groups in total. The van der Waals surface area contributed by atoms with E-state index in [1.165, 1.54) is 3.97 Å². The van der Waals surface area contributed by atoms with Crippen molar-refractivity contribution < 1.29 is 17.6 Å². The maximum atomic E-state index is 13.5. The number of aromatic nitrogens is 4. The van der Waals surface area contributed by atoms with Gasteiger partial charge in [0, 0.05) is 44.4 Å². The number of hydrogen-bond donors (Lipinski definition) is 0. The number of nitrogens with zero attached hydrogens (tertiary/aromatic N) is 4. The fourth-order valence-electron chi connectivity index (χ4n) is 5.58. The highest BCUT2D eigenvalue weighted by Gasteiger charge is 2.37. The third kappa shape index (κ3) is 5.38. The molecule has 1 aromatic carbocycles. The van der Waals surface area contributed by atoms with Gasteiger partial charge in [-0.05, 0) is 67.9 Å². The van der Waals surface area contributed by atoms with E-state index < -0.39 is 18.3 Å². The van der Waals surface area contributed by atoms with Gasteiger partial charge in [-0.15, -0.1) is 0 Å². The minimum absolute atomic E-state index is 0.135. The molecule has 0 atom stereocenters. The van der Waals surface area contributed by atoms with Crippen LogP contribution < -0.4 is 0 Å². The van der Waals surface area contributed by atoms with Crippen molar-refractivity contribution >= 4 is 40.4 Å². The lowest BCUT2D eigenvalue weighted by Gasteiger charge is -2.36. The summed E-state index contributed by atoms with van der Waals surface area (Å²) in [4.78, 5) is 9.91. The average molecular weight is 583 g/mol. The van der Waals surface area contributed by atoms with Gasteiger partial charge >= 0.3 is 0 Å². The van der Waals surface area contributed by atoms with Gasteiger partial charge < -0.3 is 13.7 Å². The van der Waals surface area contributed by atoms with Crippen molar-refractivity contribution in [3.8, 4) is 0 Å². The Morgan fingerprint density at radius 2 is 1.75 bits per heavy atom. The molecule has 3 aromatic heterocycles. The Morgan fingerprint density at radius 1 is 1.05 bits per heavy atom. The molecular formula is C30H42N4O4SSi. The van der Waals surface area contributed by atoms with Crippen LogP contribution in [0.3, 0.4) is 0 Å². The molecule has 0 bridgehead atoms. The van der Waals surface area contributed by atoms with Crippen LogP contribution in [0.4, 0.5) is 0 Å². The maximum absolute atomic E-state index is 13.5. The molecule has 0 saturated heterocycles. The highest BCUT2D eigenvalue weighted by Crippen LogP contribution is 2.39. The van der Waals surface area contributed by atoms with Crippen molar-refractivity contribution in [3.05, 3.63) is 54.6 Å². The number of imidazole rings is 1. The van der Waals surface area contributed by atoms with Gasteiger partial charge in [-0.2, -0.15) is 0 Å². The summed E-state index contributed by atoms with van der Waals surface area (Å²) in [6.07, 6.45) is 8.28. The molecule has 40 heavy (non-hydrogen) atoms. The zero-order valence-corrected chi connectivity index (χ0v) is 26.4. The van der Waals surface area contributed by atoms with Crippen LogP contribution in [0.1, 0.15) is 58.3 Å². The summed E-state index contributed by atoms with van der Waals surface area (Å²) in [7, 11) is -3.91. The summed E-state index contributed by atoms with van der Waals surface area (Å²) < 4.78 is 42.7. The van der Waals surface area contributed by atoms with E-state index in [1.54, 1.807) is 43.8 Å². The first kappa shape index (κ1) is 29.0. The largest absolute Gasteiger partial charge is 0.416 e. The summed E-state index contributed by atoms with van der Waals surface area (Å²) in [5.74, 6) is 1.55. The van der Waals surface area contributed by atoms with Gasteiger partial charge in [-0.1, -0.05) is 39.0 Å². The number of fused-ring (bicyclic) bond motifs is 3. The normalized spacial score (nSPS) is 19.1. The second kappa shape index (κ2) is 11.0. The van der Waals surface area contributed by atoms with Gasteiger partial charge in [0.15, 0.2) is 14.0 Å². The quantitative estimate of drug-likeness (QED) is 0.208. The molecule has 0 spiro atoms. The van der Waals surface area contributed by atoms with Crippen molar-refractivity contribution in [1.29, 1.82) is 0 Å². The summed E-state index contributed by atoms with van der Waals surface area (Å²) in [6.45, 7) is 12.7. The van der Waals surface area contributed by atoms with Gasteiger partial charge in [-0.25, -0.2) is 22.4 Å². The fourth-order valence-corrected chi connectivity index (χ4v) is 7.95. The number of rotatable bonds is 9. The molecule has 0 amide bonds. The first-order valence-corrected chi connectivity index (χ1v) is 18.6. The zero-order chi connectivity index (χ0) is 28.7. The van der Waals surface area contributed by atoms with Crippen molar-refractivity contribution in [2.24, 2.45) is 5.92 Å². The molecule has 0 aliphatic heterocycles. The first-order valence-electron chi connectivity index (χ1n) is 14.2. The highest BCUT2D eigenvalue weighted by molar-refractivity contribution is 7.90. The highest BCUT2D eigenvalue weighted by atomic mass is 32.2. The zero-order valence-electron chi connectivity index (χ0n) is 24.6. The van der Waals surface area contributed by atoms with Crippen molar-refractivity contribution in [2.75, 3.05) is 20.3 Å². The molecule has 1 aliphatic rings. The summed E-state index contributed by atoms with van der Waals surface area (Å²) in [6, 6.07) is 10.7. The molecule has 1 saturated carbocycles. The molecule has 0 radical (unpaired) electrons. The molecular weight excluding hydrogens is 541 g/mol. The summed E-state index contributed by atoms with van der Waals surface area (Å²) in [5, 5.41) is 0.941. The molecule has 3 heterocycles. The third-order valence-corrected chi connectivity index (χ3v) is 15.1. The Hall–Kier alpha value is -2.53. The number of hydrogen-bond acceptors (Lipinski definition) is 6. The van der Waals surface area contributed by atoms with Crippen LogP contribution in [-0.4, -0.2) is 55.6 Å². The van der Waals surface area contributed by atoms with Crippen molar-refractivity contribution in [3.63, 3.8) is 0 Å². The van der Waals surface area contributed by atoms with Crippen LogP contribution in [-0.2, 0) is 25.6 Å². The van der Waals surface area contributed by atoms with E-state index in [0.717, 1.165) is 54.5 Å². The van der Waals surface area contributed by atoms with E-state index in [4.69, 9.17) is 14.1 Å². The Kier molecular flexibility index (Phi) is 8.00. The van der Waals surface area contributed by atoms with Crippen LogP contribution in [0.15, 0.2) is 53.7 Å². The molecule has 216 valence electrons. The Bertz CT molecular complexity index is 1580. The van der Waals surface area contributed by atoms with Gasteiger partial charge in [0.05, 0.1) is 16.6 Å². The van der Waals surface area contributed by atoms with Crippen LogP contribution in [0.2, 0.25) is 18.1 Å². The van der Waals surface area contributed by atoms with Crippen molar-refractivity contribution in [1.82, 2.24) is 18.5 Å². The second-order valence-corrected chi connectivity index (χ2v) is 19.2. The smallest absolute Gasteiger partial charge is 0.269 e. The van der Waals surface area contributed by atoms with Gasteiger partial charge in [0.25, 0.3) is 10.0 Å². The number of pyridine rings is 1. The third-order valence-electron chi connectivity index (χ3n) is 8.88. The second-order valence-electron chi connectivity index (χ2n) is 12.5. The Labute approximate surface area is 238 Å². The average Bonchev–Trinajstić information content (AvgIpc) is 3.51.